The molecular formula is C12H16BrClN2O. The minimum absolute atomic E-state index is 0.222. The number of aryl methyl sites for hydroxylation is 1. The van der Waals surface area contributed by atoms with Crippen molar-refractivity contribution in [2.45, 2.75) is 32.7 Å². The third-order valence-corrected chi connectivity index (χ3v) is 3.81. The number of hydrogen-bond donors (Lipinski definition) is 2. The summed E-state index contributed by atoms with van der Waals surface area (Å²) >= 11 is 9.40. The van der Waals surface area contributed by atoms with Gasteiger partial charge in [0.25, 0.3) is 0 Å². The molecule has 0 heterocycles. The molecule has 0 aliphatic carbocycles. The fraction of sp³-hybridized carbons (Fsp3) is 0.417. The molecule has 0 aliphatic rings. The molecule has 94 valence electrons. The zero-order valence-corrected chi connectivity index (χ0v) is 12.4. The van der Waals surface area contributed by atoms with Crippen LogP contribution >= 0.6 is 27.5 Å². The van der Waals surface area contributed by atoms with E-state index in [1.165, 1.54) is 0 Å². The van der Waals surface area contributed by atoms with Crippen molar-refractivity contribution in [2.24, 2.45) is 5.73 Å². The fourth-order valence-electron chi connectivity index (χ4n) is 1.17. The number of carbonyl (C=O) groups is 1. The van der Waals surface area contributed by atoms with Gasteiger partial charge in [0, 0.05) is 9.50 Å². The van der Waals surface area contributed by atoms with Gasteiger partial charge in [-0.15, -0.1) is 0 Å². The molecule has 1 amide bonds. The second-order valence-corrected chi connectivity index (χ2v) is 5.57. The van der Waals surface area contributed by atoms with Crippen LogP contribution in [0.15, 0.2) is 16.6 Å². The zero-order chi connectivity index (χ0) is 13.2. The summed E-state index contributed by atoms with van der Waals surface area (Å²) in [5.41, 5.74) is 6.57. The first-order valence-corrected chi connectivity index (χ1v) is 6.51. The molecule has 0 saturated heterocycles. The standard InChI is InChI=1S/C12H16BrClN2O/c1-4-12(3,15)11(17)16-10-6-9(14)7(2)5-8(10)13/h5-6H,4,15H2,1-3H3,(H,16,17). The molecule has 0 aliphatic heterocycles. The number of nitrogens with two attached hydrogens (primary N) is 1. The second kappa shape index (κ2) is 5.38. The average molecular weight is 320 g/mol. The van der Waals surface area contributed by atoms with Crippen molar-refractivity contribution in [3.63, 3.8) is 0 Å². The van der Waals surface area contributed by atoms with Gasteiger partial charge in [-0.25, -0.2) is 0 Å². The van der Waals surface area contributed by atoms with E-state index in [0.29, 0.717) is 17.1 Å². The Morgan fingerprint density at radius 1 is 1.59 bits per heavy atom. The van der Waals surface area contributed by atoms with E-state index in [0.717, 1.165) is 10.0 Å². The molecule has 17 heavy (non-hydrogen) atoms. The van der Waals surface area contributed by atoms with Crippen LogP contribution in [0.2, 0.25) is 5.02 Å². The van der Waals surface area contributed by atoms with Crippen LogP contribution in [-0.4, -0.2) is 11.4 Å². The van der Waals surface area contributed by atoms with Gasteiger partial charge in [0.2, 0.25) is 5.91 Å². The molecule has 1 aromatic rings. The number of carbonyl (C=O) groups excluding carboxylic acids is 1. The molecule has 0 radical (unpaired) electrons. The zero-order valence-electron chi connectivity index (χ0n) is 10.1. The Bertz CT molecular complexity index is 446. The number of nitrogens with one attached hydrogen (secondary N) is 1. The van der Waals surface area contributed by atoms with Gasteiger partial charge in [-0.3, -0.25) is 4.79 Å². The van der Waals surface area contributed by atoms with Gasteiger partial charge >= 0.3 is 0 Å². The van der Waals surface area contributed by atoms with E-state index in [2.05, 4.69) is 21.2 Å². The van der Waals surface area contributed by atoms with Crippen LogP contribution in [0.25, 0.3) is 0 Å². The lowest BCUT2D eigenvalue weighted by molar-refractivity contribution is -0.120. The lowest BCUT2D eigenvalue weighted by Gasteiger charge is -2.22. The lowest BCUT2D eigenvalue weighted by atomic mass is 9.99. The van der Waals surface area contributed by atoms with E-state index in [1.807, 2.05) is 19.9 Å². The molecule has 1 unspecified atom stereocenters. The van der Waals surface area contributed by atoms with Crippen LogP contribution in [0.3, 0.4) is 0 Å². The third kappa shape index (κ3) is 3.44. The maximum absolute atomic E-state index is 11.9. The highest BCUT2D eigenvalue weighted by atomic mass is 79.9. The first kappa shape index (κ1) is 14.5. The van der Waals surface area contributed by atoms with Gasteiger partial charge in [0.05, 0.1) is 11.2 Å². The van der Waals surface area contributed by atoms with Crippen LogP contribution < -0.4 is 11.1 Å². The molecule has 0 fully saturated rings. The molecule has 5 heteroatoms. The van der Waals surface area contributed by atoms with Crippen LogP contribution in [0.4, 0.5) is 5.69 Å². The maximum atomic E-state index is 11.9. The quantitative estimate of drug-likeness (QED) is 0.896. The molecule has 0 saturated carbocycles. The van der Waals surface area contributed by atoms with Crippen molar-refractivity contribution in [3.8, 4) is 0 Å². The molecule has 0 bridgehead atoms. The van der Waals surface area contributed by atoms with Crippen molar-refractivity contribution >= 4 is 39.1 Å². The Hall–Kier alpha value is -0.580. The highest BCUT2D eigenvalue weighted by Gasteiger charge is 2.26. The molecule has 1 atom stereocenters. The highest BCUT2D eigenvalue weighted by Crippen LogP contribution is 2.29. The first-order valence-electron chi connectivity index (χ1n) is 5.34. The largest absolute Gasteiger partial charge is 0.323 e. The smallest absolute Gasteiger partial charge is 0.244 e. The average Bonchev–Trinajstić information content (AvgIpc) is 2.25. The molecule has 1 rings (SSSR count). The van der Waals surface area contributed by atoms with Gasteiger partial charge in [0.15, 0.2) is 0 Å². The van der Waals surface area contributed by atoms with E-state index in [9.17, 15) is 4.79 Å². The number of benzene rings is 1. The maximum Gasteiger partial charge on any atom is 0.244 e. The molecule has 0 spiro atoms. The van der Waals surface area contributed by atoms with Crippen molar-refractivity contribution in [3.05, 3.63) is 27.2 Å². The van der Waals surface area contributed by atoms with E-state index < -0.39 is 5.54 Å². The Kier molecular flexibility index (Phi) is 4.58. The van der Waals surface area contributed by atoms with Crippen molar-refractivity contribution in [2.75, 3.05) is 5.32 Å². The van der Waals surface area contributed by atoms with Gasteiger partial charge in [-0.05, 0) is 53.9 Å². The summed E-state index contributed by atoms with van der Waals surface area (Å²) < 4.78 is 0.791. The molecule has 3 nitrogen and oxygen atoms in total. The molecule has 1 aromatic carbocycles. The number of hydrogen-bond acceptors (Lipinski definition) is 2. The summed E-state index contributed by atoms with van der Waals surface area (Å²) in [5, 5.41) is 3.38. The van der Waals surface area contributed by atoms with Crippen LogP contribution in [0.1, 0.15) is 25.8 Å². The second-order valence-electron chi connectivity index (χ2n) is 4.31. The summed E-state index contributed by atoms with van der Waals surface area (Å²) in [6.45, 7) is 5.47. The molecule has 0 aromatic heterocycles. The van der Waals surface area contributed by atoms with Crippen LogP contribution in [-0.2, 0) is 4.79 Å². The lowest BCUT2D eigenvalue weighted by Crippen LogP contribution is -2.47. The minimum Gasteiger partial charge on any atom is -0.323 e. The highest BCUT2D eigenvalue weighted by molar-refractivity contribution is 9.10. The summed E-state index contributed by atoms with van der Waals surface area (Å²) in [6, 6.07) is 3.57. The molecule has 3 N–H and O–H groups in total. The summed E-state index contributed by atoms with van der Waals surface area (Å²) in [4.78, 5) is 11.9. The van der Waals surface area contributed by atoms with E-state index in [-0.39, 0.29) is 5.91 Å². The van der Waals surface area contributed by atoms with Crippen molar-refractivity contribution in [1.82, 2.24) is 0 Å². The monoisotopic (exact) mass is 318 g/mol. The number of amides is 1. The predicted octanol–water partition coefficient (Wildman–Crippen LogP) is 3.48. The third-order valence-electron chi connectivity index (χ3n) is 2.75. The fourth-order valence-corrected chi connectivity index (χ4v) is 1.89. The summed E-state index contributed by atoms with van der Waals surface area (Å²) in [6.07, 6.45) is 0.566. The van der Waals surface area contributed by atoms with Gasteiger partial charge < -0.3 is 11.1 Å². The Balaban J connectivity index is 2.97. The van der Waals surface area contributed by atoms with Crippen molar-refractivity contribution in [1.29, 1.82) is 0 Å². The Morgan fingerprint density at radius 3 is 2.71 bits per heavy atom. The summed E-state index contributed by atoms with van der Waals surface area (Å²) in [5.74, 6) is -0.222. The van der Waals surface area contributed by atoms with Crippen LogP contribution in [0.5, 0.6) is 0 Å². The van der Waals surface area contributed by atoms with Gasteiger partial charge in [0.1, 0.15) is 0 Å². The minimum atomic E-state index is -0.878. The van der Waals surface area contributed by atoms with Gasteiger partial charge in [-0.1, -0.05) is 18.5 Å². The predicted molar refractivity (Wildman–Crippen MR) is 75.4 cm³/mol. The van der Waals surface area contributed by atoms with Gasteiger partial charge in [-0.2, -0.15) is 0 Å². The first-order chi connectivity index (χ1) is 7.77. The molecular weight excluding hydrogens is 304 g/mol. The van der Waals surface area contributed by atoms with E-state index >= 15 is 0 Å². The van der Waals surface area contributed by atoms with Crippen molar-refractivity contribution < 1.29 is 4.79 Å². The summed E-state index contributed by atoms with van der Waals surface area (Å²) in [7, 11) is 0. The topological polar surface area (TPSA) is 55.1 Å². The normalized spacial score (nSPS) is 14.2. The van der Waals surface area contributed by atoms with E-state index in [1.54, 1.807) is 13.0 Å². The number of rotatable bonds is 3. The SMILES string of the molecule is CCC(C)(N)C(=O)Nc1cc(Cl)c(C)cc1Br. The number of anilines is 1. The Labute approximate surface area is 115 Å². The van der Waals surface area contributed by atoms with Crippen LogP contribution in [0, 0.1) is 6.92 Å². The number of halogens is 2. The Morgan fingerprint density at radius 2 is 2.18 bits per heavy atom. The van der Waals surface area contributed by atoms with E-state index in [4.69, 9.17) is 17.3 Å².